The van der Waals surface area contributed by atoms with Gasteiger partial charge in [-0.15, -0.1) is 0 Å². The number of hydrogen-bond acceptors (Lipinski definition) is 3. The predicted octanol–water partition coefficient (Wildman–Crippen LogP) is 2.68. The molecule has 1 aromatic heterocycles. The van der Waals surface area contributed by atoms with E-state index in [0.717, 1.165) is 42.2 Å². The van der Waals surface area contributed by atoms with Crippen molar-refractivity contribution in [3.8, 4) is 0 Å². The van der Waals surface area contributed by atoms with Crippen LogP contribution in [0.4, 0.5) is 5.69 Å². The fourth-order valence-corrected chi connectivity index (χ4v) is 2.97. The summed E-state index contributed by atoms with van der Waals surface area (Å²) in [5, 5.41) is 13.4. The summed E-state index contributed by atoms with van der Waals surface area (Å²) in [5.41, 5.74) is 4.50. The van der Waals surface area contributed by atoms with E-state index < -0.39 is 0 Å². The summed E-state index contributed by atoms with van der Waals surface area (Å²) in [6, 6.07) is 8.67. The van der Waals surface area contributed by atoms with Crippen LogP contribution in [0.5, 0.6) is 0 Å². The van der Waals surface area contributed by atoms with Crippen LogP contribution in [0.1, 0.15) is 41.2 Å². The lowest BCUT2D eigenvalue weighted by Crippen LogP contribution is -2.52. The molecule has 0 saturated carbocycles. The van der Waals surface area contributed by atoms with Gasteiger partial charge in [0.05, 0.1) is 5.69 Å². The van der Waals surface area contributed by atoms with E-state index >= 15 is 0 Å². The summed E-state index contributed by atoms with van der Waals surface area (Å²) in [6.45, 7) is 7.34. The number of benzene rings is 1. The van der Waals surface area contributed by atoms with Crippen LogP contribution in [-0.4, -0.2) is 28.7 Å². The minimum atomic E-state index is -0.142. The van der Waals surface area contributed by atoms with Crippen LogP contribution in [-0.2, 0) is 12.8 Å². The number of rotatable bonds is 5. The molecule has 3 N–H and O–H groups in total. The molecule has 5 heteroatoms. The minimum Gasteiger partial charge on any atom is -0.321 e. The first-order valence-electron chi connectivity index (χ1n) is 8.26. The zero-order chi connectivity index (χ0) is 16.4. The van der Waals surface area contributed by atoms with E-state index in [4.69, 9.17) is 0 Å². The number of nitrogens with zero attached hydrogens (tertiary/aromatic N) is 1. The third kappa shape index (κ3) is 3.29. The van der Waals surface area contributed by atoms with Crippen molar-refractivity contribution >= 4 is 11.6 Å². The largest absolute Gasteiger partial charge is 0.321 e. The van der Waals surface area contributed by atoms with Gasteiger partial charge in [-0.25, -0.2) is 0 Å². The third-order valence-electron chi connectivity index (χ3n) is 4.73. The van der Waals surface area contributed by atoms with E-state index in [2.05, 4.69) is 39.9 Å². The van der Waals surface area contributed by atoms with Crippen molar-refractivity contribution in [3.05, 3.63) is 46.8 Å². The van der Waals surface area contributed by atoms with Gasteiger partial charge in [0, 0.05) is 17.3 Å². The van der Waals surface area contributed by atoms with Crippen LogP contribution in [0.3, 0.4) is 0 Å². The molecule has 1 unspecified atom stereocenters. The summed E-state index contributed by atoms with van der Waals surface area (Å²) in [6.07, 6.45) is 1.85. The Balaban J connectivity index is 1.63. The molecule has 1 fully saturated rings. The van der Waals surface area contributed by atoms with Gasteiger partial charge in [0.15, 0.2) is 0 Å². The summed E-state index contributed by atoms with van der Waals surface area (Å²) in [5.74, 6) is 0.599. The molecule has 1 aliphatic heterocycles. The van der Waals surface area contributed by atoms with E-state index in [0.29, 0.717) is 11.7 Å². The molecule has 0 spiro atoms. The fourth-order valence-electron chi connectivity index (χ4n) is 2.97. The second kappa shape index (κ2) is 6.54. The average molecular weight is 312 g/mol. The molecule has 0 radical (unpaired) electrons. The summed E-state index contributed by atoms with van der Waals surface area (Å²) in [4.78, 5) is 12.3. The zero-order valence-electron chi connectivity index (χ0n) is 13.9. The molecule has 122 valence electrons. The number of aryl methyl sites for hydroxylation is 1. The van der Waals surface area contributed by atoms with Crippen molar-refractivity contribution in [2.24, 2.45) is 5.92 Å². The van der Waals surface area contributed by atoms with Gasteiger partial charge in [-0.2, -0.15) is 5.10 Å². The van der Waals surface area contributed by atoms with Crippen LogP contribution >= 0.6 is 0 Å². The van der Waals surface area contributed by atoms with Crippen LogP contribution in [0.15, 0.2) is 24.3 Å². The molecule has 1 saturated heterocycles. The second-order valence-electron chi connectivity index (χ2n) is 6.37. The molecular formula is C18H24N4O. The second-order valence-corrected chi connectivity index (χ2v) is 6.37. The van der Waals surface area contributed by atoms with Gasteiger partial charge in [0.25, 0.3) is 5.91 Å². The lowest BCUT2D eigenvalue weighted by atomic mass is 9.88. The zero-order valence-corrected chi connectivity index (χ0v) is 13.9. The molecule has 23 heavy (non-hydrogen) atoms. The molecule has 1 amide bonds. The first-order valence-corrected chi connectivity index (χ1v) is 8.26. The summed E-state index contributed by atoms with van der Waals surface area (Å²) >= 11 is 0. The normalized spacial score (nSPS) is 20.1. The van der Waals surface area contributed by atoms with Crippen molar-refractivity contribution in [2.75, 3.05) is 11.9 Å². The lowest BCUT2D eigenvalue weighted by Gasteiger charge is -2.35. The van der Waals surface area contributed by atoms with Gasteiger partial charge >= 0.3 is 0 Å². The van der Waals surface area contributed by atoms with Crippen LogP contribution < -0.4 is 10.6 Å². The highest BCUT2D eigenvalue weighted by atomic mass is 16.1. The molecule has 0 bridgehead atoms. The molecule has 2 aromatic rings. The van der Waals surface area contributed by atoms with E-state index in [9.17, 15) is 4.79 Å². The monoisotopic (exact) mass is 312 g/mol. The van der Waals surface area contributed by atoms with Crippen molar-refractivity contribution in [1.82, 2.24) is 15.5 Å². The smallest absolute Gasteiger partial charge is 0.273 e. The Bertz CT molecular complexity index is 690. The van der Waals surface area contributed by atoms with Crippen LogP contribution in [0, 0.1) is 12.8 Å². The average Bonchev–Trinajstić information content (AvgIpc) is 2.93. The van der Waals surface area contributed by atoms with Gasteiger partial charge in [-0.05, 0) is 49.9 Å². The molecule has 3 rings (SSSR count). The van der Waals surface area contributed by atoms with Gasteiger partial charge < -0.3 is 10.6 Å². The van der Waals surface area contributed by atoms with Crippen molar-refractivity contribution in [2.45, 2.75) is 39.7 Å². The number of nitrogens with one attached hydrogen (secondary N) is 3. The maximum atomic E-state index is 12.3. The number of carbonyl (C=O) groups excluding carboxylic acids is 1. The predicted molar refractivity (Wildman–Crippen MR) is 91.8 cm³/mol. The molecular weight excluding hydrogens is 288 g/mol. The first kappa shape index (κ1) is 15.7. The van der Waals surface area contributed by atoms with Crippen molar-refractivity contribution in [3.63, 3.8) is 0 Å². The third-order valence-corrected chi connectivity index (χ3v) is 4.73. The van der Waals surface area contributed by atoms with Crippen LogP contribution in [0.25, 0.3) is 0 Å². The number of amides is 1. The quantitative estimate of drug-likeness (QED) is 0.795. The van der Waals surface area contributed by atoms with Gasteiger partial charge in [-0.1, -0.05) is 26.0 Å². The number of H-pyrrole nitrogens is 1. The SMILES string of the molecule is CCc1n[nH]c(C(=O)Nc2ccc(C[C@H]3NCC3C)cc2)c1C. The molecule has 5 nitrogen and oxygen atoms in total. The number of aromatic nitrogens is 2. The number of carbonyl (C=O) groups is 1. The Morgan fingerprint density at radius 1 is 1.35 bits per heavy atom. The Kier molecular flexibility index (Phi) is 4.48. The topological polar surface area (TPSA) is 69.8 Å². The molecule has 1 aromatic carbocycles. The van der Waals surface area contributed by atoms with Crippen molar-refractivity contribution < 1.29 is 4.79 Å². The highest BCUT2D eigenvalue weighted by Gasteiger charge is 2.25. The summed E-state index contributed by atoms with van der Waals surface area (Å²) < 4.78 is 0. The minimum absolute atomic E-state index is 0.142. The lowest BCUT2D eigenvalue weighted by molar-refractivity contribution is 0.102. The first-order chi connectivity index (χ1) is 11.1. The van der Waals surface area contributed by atoms with Crippen molar-refractivity contribution in [1.29, 1.82) is 0 Å². The number of hydrogen-bond donors (Lipinski definition) is 3. The van der Waals surface area contributed by atoms with E-state index in [1.807, 2.05) is 26.0 Å². The molecule has 2 heterocycles. The van der Waals surface area contributed by atoms with E-state index in [1.165, 1.54) is 5.56 Å². The molecule has 1 aliphatic rings. The Labute approximate surface area is 136 Å². The Hall–Kier alpha value is -2.14. The maximum absolute atomic E-state index is 12.3. The Morgan fingerprint density at radius 3 is 2.61 bits per heavy atom. The molecule has 0 aliphatic carbocycles. The Morgan fingerprint density at radius 2 is 2.09 bits per heavy atom. The number of anilines is 1. The highest BCUT2D eigenvalue weighted by Crippen LogP contribution is 2.19. The maximum Gasteiger partial charge on any atom is 0.273 e. The fraction of sp³-hybridized carbons (Fsp3) is 0.444. The van der Waals surface area contributed by atoms with Gasteiger partial charge in [-0.3, -0.25) is 9.89 Å². The van der Waals surface area contributed by atoms with Gasteiger partial charge in [0.2, 0.25) is 0 Å². The van der Waals surface area contributed by atoms with E-state index in [1.54, 1.807) is 0 Å². The number of aromatic amines is 1. The standard InChI is InChI=1S/C18H24N4O/c1-4-15-12(3)17(22-21-15)18(23)20-14-7-5-13(6-8-14)9-16-11(2)10-19-16/h5-8,11,16,19H,4,9-10H2,1-3H3,(H,20,23)(H,21,22)/t11?,16-/m1/s1. The van der Waals surface area contributed by atoms with E-state index in [-0.39, 0.29) is 5.91 Å². The summed E-state index contributed by atoms with van der Waals surface area (Å²) in [7, 11) is 0. The highest BCUT2D eigenvalue weighted by molar-refractivity contribution is 6.03. The molecule has 2 atom stereocenters. The van der Waals surface area contributed by atoms with Gasteiger partial charge in [0.1, 0.15) is 5.69 Å². The van der Waals surface area contributed by atoms with Crippen LogP contribution in [0.2, 0.25) is 0 Å².